The molecule has 1 aromatic carbocycles. The van der Waals surface area contributed by atoms with E-state index in [0.29, 0.717) is 11.8 Å². The van der Waals surface area contributed by atoms with Crippen LogP contribution in [0.3, 0.4) is 0 Å². The van der Waals surface area contributed by atoms with Crippen molar-refractivity contribution >= 4 is 38.8 Å². The number of amides is 1. The number of guanidine groups is 1. The monoisotopic (exact) mass is 520 g/mol. The van der Waals surface area contributed by atoms with Crippen LogP contribution in [0.15, 0.2) is 34.3 Å². The van der Waals surface area contributed by atoms with Crippen molar-refractivity contribution in [1.82, 2.24) is 14.6 Å². The number of nitrogens with two attached hydrogens (primary N) is 2. The molecule has 1 aliphatic heterocycles. The van der Waals surface area contributed by atoms with E-state index in [1.54, 1.807) is 13.0 Å². The van der Waals surface area contributed by atoms with Crippen LogP contribution in [-0.4, -0.2) is 71.5 Å². The van der Waals surface area contributed by atoms with Crippen molar-refractivity contribution in [3.8, 4) is 5.75 Å². The summed E-state index contributed by atoms with van der Waals surface area (Å²) in [6.45, 7) is 4.05. The topological polar surface area (TPSA) is 201 Å². The molecule has 1 aromatic heterocycles. The van der Waals surface area contributed by atoms with Gasteiger partial charge >= 0.3 is 5.97 Å². The summed E-state index contributed by atoms with van der Waals surface area (Å²) in [4.78, 5) is 34.4. The van der Waals surface area contributed by atoms with Gasteiger partial charge in [0.25, 0.3) is 0 Å². The third-order valence-corrected chi connectivity index (χ3v) is 7.62. The van der Waals surface area contributed by atoms with Crippen molar-refractivity contribution in [1.29, 1.82) is 0 Å². The number of aromatic nitrogens is 1. The second-order valence-electron chi connectivity index (χ2n) is 9.17. The fourth-order valence-corrected chi connectivity index (χ4v) is 5.76. The van der Waals surface area contributed by atoms with Crippen molar-refractivity contribution in [2.24, 2.45) is 22.4 Å². The summed E-state index contributed by atoms with van der Waals surface area (Å²) in [5.41, 5.74) is 11.6. The molecule has 3 atom stereocenters. The lowest BCUT2D eigenvalue weighted by Crippen LogP contribution is -2.56. The highest BCUT2D eigenvalue weighted by Crippen LogP contribution is 2.28. The van der Waals surface area contributed by atoms with E-state index in [4.69, 9.17) is 11.5 Å². The molecule has 0 spiro atoms. The van der Waals surface area contributed by atoms with Crippen molar-refractivity contribution < 1.29 is 28.2 Å². The van der Waals surface area contributed by atoms with Gasteiger partial charge < -0.3 is 26.6 Å². The second kappa shape index (κ2) is 11.1. The molecule has 0 aliphatic carbocycles. The highest BCUT2D eigenvalue weighted by Gasteiger charge is 2.39. The van der Waals surface area contributed by atoms with Gasteiger partial charge in [0.2, 0.25) is 15.9 Å². The maximum absolute atomic E-state index is 13.5. The number of likely N-dealkylation sites (tertiary alicyclic amines) is 1. The first-order valence-electron chi connectivity index (χ1n) is 11.6. The van der Waals surface area contributed by atoms with Crippen molar-refractivity contribution in [3.05, 3.63) is 30.0 Å². The number of carbonyl (C=O) groups is 2. The van der Waals surface area contributed by atoms with E-state index in [0.717, 1.165) is 11.6 Å². The fourth-order valence-electron chi connectivity index (χ4n) is 4.34. The molecule has 196 valence electrons. The number of sulfonamides is 1. The predicted octanol–water partition coefficient (Wildman–Crippen LogP) is 0.661. The van der Waals surface area contributed by atoms with Crippen LogP contribution in [0.5, 0.6) is 5.75 Å². The number of rotatable bonds is 9. The van der Waals surface area contributed by atoms with Gasteiger partial charge in [0, 0.05) is 30.7 Å². The number of fused-ring (bicyclic) bond motifs is 1. The maximum Gasteiger partial charge on any atom is 0.326 e. The van der Waals surface area contributed by atoms with Gasteiger partial charge in [0.15, 0.2) is 5.96 Å². The third-order valence-electron chi connectivity index (χ3n) is 6.13. The minimum absolute atomic E-state index is 0.0243. The zero-order valence-electron chi connectivity index (χ0n) is 20.2. The molecule has 1 saturated heterocycles. The number of aliphatic imine (C=N–C) groups is 1. The van der Waals surface area contributed by atoms with E-state index >= 15 is 0 Å². The molecule has 12 nitrogen and oxygen atoms in total. The summed E-state index contributed by atoms with van der Waals surface area (Å²) in [7, 11) is -4.36. The second-order valence-corrected chi connectivity index (χ2v) is 10.8. The largest absolute Gasteiger partial charge is 0.508 e. The molecule has 0 bridgehead atoms. The molecule has 2 heterocycles. The number of carboxylic acid groups (broad SMARTS) is 1. The van der Waals surface area contributed by atoms with Gasteiger partial charge in [-0.1, -0.05) is 6.92 Å². The van der Waals surface area contributed by atoms with E-state index in [-0.39, 0.29) is 60.4 Å². The van der Waals surface area contributed by atoms with E-state index in [2.05, 4.69) is 14.7 Å². The zero-order chi connectivity index (χ0) is 26.6. The summed E-state index contributed by atoms with van der Waals surface area (Å²) in [5.74, 6) is -2.09. The summed E-state index contributed by atoms with van der Waals surface area (Å²) >= 11 is 0. The Morgan fingerprint density at radius 1 is 1.31 bits per heavy atom. The predicted molar refractivity (Wildman–Crippen MR) is 134 cm³/mol. The Balaban J connectivity index is 1.96. The molecule has 2 aromatic rings. The highest BCUT2D eigenvalue weighted by atomic mass is 32.2. The number of nitrogens with zero attached hydrogens (tertiary/aromatic N) is 3. The molecule has 1 aliphatic rings. The average molecular weight is 521 g/mol. The third kappa shape index (κ3) is 6.40. The number of carbonyl (C=O) groups excluding carboxylic acids is 1. The summed E-state index contributed by atoms with van der Waals surface area (Å²) < 4.78 is 29.4. The molecule has 0 unspecified atom stereocenters. The molecule has 0 saturated carbocycles. The number of nitrogens with one attached hydrogen (secondary N) is 1. The number of pyridine rings is 1. The summed E-state index contributed by atoms with van der Waals surface area (Å²) in [5, 5.41) is 20.3. The summed E-state index contributed by atoms with van der Waals surface area (Å²) in [6.07, 6.45) is 2.66. The molecule has 36 heavy (non-hydrogen) atoms. The van der Waals surface area contributed by atoms with E-state index < -0.39 is 34.0 Å². The Morgan fingerprint density at radius 2 is 2.03 bits per heavy atom. The van der Waals surface area contributed by atoms with Gasteiger partial charge in [-0.3, -0.25) is 14.8 Å². The first-order valence-corrected chi connectivity index (χ1v) is 13.1. The Morgan fingerprint density at radius 3 is 2.69 bits per heavy atom. The van der Waals surface area contributed by atoms with E-state index in [1.807, 2.05) is 6.92 Å². The van der Waals surface area contributed by atoms with Crippen molar-refractivity contribution in [2.75, 3.05) is 13.1 Å². The number of aromatic hydroxyl groups is 1. The van der Waals surface area contributed by atoms with Crippen LogP contribution in [0.4, 0.5) is 0 Å². The standard InChI is InChI=1S/C23H32N6O6S/c1-13-5-7-29(18(9-13)22(32)33)21(31)17(4-3-6-26-23(24)25)28-36(34,35)19-11-16(30)10-15-8-14(2)12-27-20(15)19/h8,10-13,17-18,28,30H,3-7,9H2,1-2H3,(H,32,33)(H4,24,25,26)/t13-,17+,18-/m1/s1. The van der Waals surface area contributed by atoms with Crippen LogP contribution in [-0.2, 0) is 19.6 Å². The number of aliphatic carboxylic acids is 1. The van der Waals surface area contributed by atoms with E-state index in [9.17, 15) is 28.2 Å². The minimum atomic E-state index is -4.36. The maximum atomic E-state index is 13.5. The van der Waals surface area contributed by atoms with Gasteiger partial charge in [-0.2, -0.15) is 4.72 Å². The zero-order valence-corrected chi connectivity index (χ0v) is 21.0. The number of phenolic OH excluding ortho intramolecular Hbond substituents is 1. The lowest BCUT2D eigenvalue weighted by Gasteiger charge is -2.38. The van der Waals surface area contributed by atoms with Crippen LogP contribution in [0.25, 0.3) is 10.9 Å². The van der Waals surface area contributed by atoms with Gasteiger partial charge in [0.1, 0.15) is 22.7 Å². The van der Waals surface area contributed by atoms with Crippen LogP contribution in [0.2, 0.25) is 0 Å². The van der Waals surface area contributed by atoms with Crippen LogP contribution < -0.4 is 16.2 Å². The SMILES string of the molecule is Cc1cnc2c(S(=O)(=O)N[C@@H](CCCN=C(N)N)C(=O)N3CC[C@@H](C)C[C@@H]3C(=O)O)cc(O)cc2c1. The Kier molecular flexibility index (Phi) is 8.35. The number of aryl methyl sites for hydroxylation is 1. The van der Waals surface area contributed by atoms with Crippen LogP contribution >= 0.6 is 0 Å². The average Bonchev–Trinajstić information content (AvgIpc) is 2.79. The number of carboxylic acids is 1. The number of piperidine rings is 1. The molecule has 0 radical (unpaired) electrons. The minimum Gasteiger partial charge on any atom is -0.508 e. The molecule has 3 rings (SSSR count). The molecular weight excluding hydrogens is 488 g/mol. The van der Waals surface area contributed by atoms with Crippen LogP contribution in [0.1, 0.15) is 38.2 Å². The van der Waals surface area contributed by atoms with Gasteiger partial charge in [-0.15, -0.1) is 0 Å². The number of benzene rings is 1. The highest BCUT2D eigenvalue weighted by molar-refractivity contribution is 7.89. The molecule has 1 amide bonds. The summed E-state index contributed by atoms with van der Waals surface area (Å²) in [6, 6.07) is 1.82. The number of hydrogen-bond acceptors (Lipinski definition) is 7. The molecule has 7 N–H and O–H groups in total. The lowest BCUT2D eigenvalue weighted by molar-refractivity contribution is -0.153. The smallest absolute Gasteiger partial charge is 0.326 e. The Labute approximate surface area is 209 Å². The molecule has 1 fully saturated rings. The fraction of sp³-hybridized carbons (Fsp3) is 0.478. The van der Waals surface area contributed by atoms with Gasteiger partial charge in [-0.05, 0) is 56.2 Å². The van der Waals surface area contributed by atoms with Gasteiger partial charge in [-0.25, -0.2) is 13.2 Å². The van der Waals surface area contributed by atoms with Gasteiger partial charge in [0.05, 0.1) is 5.52 Å². The quantitative estimate of drug-likeness (QED) is 0.179. The Bertz CT molecular complexity index is 1270. The number of phenols is 1. The first-order chi connectivity index (χ1) is 16.9. The molecule has 13 heteroatoms. The van der Waals surface area contributed by atoms with Crippen LogP contribution in [0, 0.1) is 12.8 Å². The number of hydrogen-bond donors (Lipinski definition) is 5. The normalized spacial score (nSPS) is 19.1. The van der Waals surface area contributed by atoms with Crippen molar-refractivity contribution in [3.63, 3.8) is 0 Å². The first kappa shape index (κ1) is 27.1. The van der Waals surface area contributed by atoms with E-state index in [1.165, 1.54) is 17.2 Å². The van der Waals surface area contributed by atoms with Crippen molar-refractivity contribution in [2.45, 2.75) is 56.5 Å². The Hall–Kier alpha value is -3.45. The lowest BCUT2D eigenvalue weighted by atomic mass is 9.91. The molecular formula is C23H32N6O6S.